The Morgan fingerprint density at radius 3 is 2.60 bits per heavy atom. The molecule has 1 unspecified atom stereocenters. The number of thioether (sulfide) groups is 1. The van der Waals surface area contributed by atoms with Crippen molar-refractivity contribution in [3.05, 3.63) is 35.4 Å². The van der Waals surface area contributed by atoms with Crippen molar-refractivity contribution in [1.82, 2.24) is 8.61 Å². The second kappa shape index (κ2) is 6.47. The van der Waals surface area contributed by atoms with E-state index in [0.717, 1.165) is 12.2 Å². The Bertz CT molecular complexity index is 558. The van der Waals surface area contributed by atoms with Crippen molar-refractivity contribution in [3.63, 3.8) is 0 Å². The average Bonchev–Trinajstić information content (AvgIpc) is 2.65. The number of hydrogen-bond acceptors (Lipinski definition) is 3. The lowest BCUT2D eigenvalue weighted by Crippen LogP contribution is -2.41. The van der Waals surface area contributed by atoms with Crippen LogP contribution in [0.1, 0.15) is 22.8 Å². The number of nitrogens with zero attached hydrogens (tertiary/aromatic N) is 2. The van der Waals surface area contributed by atoms with Gasteiger partial charge in [0.05, 0.1) is 0 Å². The second-order valence-electron chi connectivity index (χ2n) is 5.19. The van der Waals surface area contributed by atoms with Crippen LogP contribution in [0.15, 0.2) is 24.3 Å². The predicted molar refractivity (Wildman–Crippen MR) is 85.2 cm³/mol. The van der Waals surface area contributed by atoms with E-state index in [9.17, 15) is 8.42 Å². The maximum Gasteiger partial charge on any atom is 0.281 e. The molecule has 0 aliphatic carbocycles. The van der Waals surface area contributed by atoms with E-state index in [-0.39, 0.29) is 0 Å². The van der Waals surface area contributed by atoms with Crippen LogP contribution >= 0.6 is 11.8 Å². The molecule has 0 N–H and O–H groups in total. The smallest absolute Gasteiger partial charge is 0.195 e. The maximum atomic E-state index is 12.2. The molecule has 0 bridgehead atoms. The fraction of sp³-hybridized carbons (Fsp3) is 0.571. The molecule has 1 aromatic carbocycles. The molecule has 0 aromatic heterocycles. The second-order valence-corrected chi connectivity index (χ2v) is 8.65. The molecule has 4 nitrogen and oxygen atoms in total. The van der Waals surface area contributed by atoms with E-state index in [4.69, 9.17) is 0 Å². The van der Waals surface area contributed by atoms with E-state index >= 15 is 0 Å². The predicted octanol–water partition coefficient (Wildman–Crippen LogP) is 2.28. The standard InChI is InChI=1S/C14H22N2O2S2/c1-12-6-4-5-7-13(12)14-8-9-16(10-11-19-14)20(17,18)15(2)3/h4-7,14H,8-11H2,1-3H3. The van der Waals surface area contributed by atoms with Crippen LogP contribution in [0, 0.1) is 6.92 Å². The fourth-order valence-electron chi connectivity index (χ4n) is 2.41. The molecule has 1 aliphatic heterocycles. The molecule has 1 fully saturated rings. The Labute approximate surface area is 126 Å². The number of aryl methyl sites for hydroxylation is 1. The van der Waals surface area contributed by atoms with Crippen molar-refractivity contribution in [3.8, 4) is 0 Å². The van der Waals surface area contributed by atoms with Gasteiger partial charge in [-0.2, -0.15) is 28.8 Å². The van der Waals surface area contributed by atoms with Crippen molar-refractivity contribution in [1.29, 1.82) is 0 Å². The minimum absolute atomic E-state index is 0.388. The summed E-state index contributed by atoms with van der Waals surface area (Å²) in [6, 6.07) is 8.38. The Balaban J connectivity index is 2.12. The lowest BCUT2D eigenvalue weighted by atomic mass is 10.0. The highest BCUT2D eigenvalue weighted by atomic mass is 32.2. The van der Waals surface area contributed by atoms with E-state index in [1.807, 2.05) is 17.8 Å². The molecule has 112 valence electrons. The highest BCUT2D eigenvalue weighted by Gasteiger charge is 2.28. The number of hydrogen-bond donors (Lipinski definition) is 0. The van der Waals surface area contributed by atoms with Crippen molar-refractivity contribution in [2.45, 2.75) is 18.6 Å². The topological polar surface area (TPSA) is 40.6 Å². The van der Waals surface area contributed by atoms with Gasteiger partial charge >= 0.3 is 0 Å². The molecule has 0 amide bonds. The van der Waals surface area contributed by atoms with Crippen molar-refractivity contribution in [2.75, 3.05) is 32.9 Å². The molecule has 0 radical (unpaired) electrons. The Hall–Kier alpha value is -0.560. The quantitative estimate of drug-likeness (QED) is 0.859. The number of rotatable bonds is 3. The average molecular weight is 314 g/mol. The Morgan fingerprint density at radius 1 is 1.25 bits per heavy atom. The summed E-state index contributed by atoms with van der Waals surface area (Å²) in [4.78, 5) is 0. The van der Waals surface area contributed by atoms with Gasteiger partial charge in [-0.3, -0.25) is 0 Å². The SMILES string of the molecule is Cc1ccccc1C1CCN(S(=O)(=O)N(C)C)CCS1. The summed E-state index contributed by atoms with van der Waals surface area (Å²) in [5, 5.41) is 0.388. The minimum Gasteiger partial charge on any atom is -0.195 e. The zero-order valence-corrected chi connectivity index (χ0v) is 13.9. The van der Waals surface area contributed by atoms with Crippen LogP contribution in [0.25, 0.3) is 0 Å². The van der Waals surface area contributed by atoms with Crippen molar-refractivity contribution in [2.24, 2.45) is 0 Å². The molecular formula is C14H22N2O2S2. The van der Waals surface area contributed by atoms with Crippen molar-refractivity contribution < 1.29 is 8.42 Å². The van der Waals surface area contributed by atoms with E-state index < -0.39 is 10.2 Å². The van der Waals surface area contributed by atoms with Crippen LogP contribution in [-0.2, 0) is 10.2 Å². The van der Waals surface area contributed by atoms with E-state index in [2.05, 4.69) is 25.1 Å². The first-order chi connectivity index (χ1) is 9.43. The highest BCUT2D eigenvalue weighted by molar-refractivity contribution is 7.99. The van der Waals surface area contributed by atoms with Crippen LogP contribution < -0.4 is 0 Å². The molecule has 20 heavy (non-hydrogen) atoms. The number of benzene rings is 1. The zero-order chi connectivity index (χ0) is 14.8. The third-order valence-corrected chi connectivity index (χ3v) is 6.87. The molecular weight excluding hydrogens is 292 g/mol. The van der Waals surface area contributed by atoms with Gasteiger partial charge in [0.1, 0.15) is 0 Å². The lowest BCUT2D eigenvalue weighted by molar-refractivity contribution is 0.387. The molecule has 1 aromatic rings. The third kappa shape index (κ3) is 3.36. The van der Waals surface area contributed by atoms with Gasteiger partial charge < -0.3 is 0 Å². The van der Waals surface area contributed by atoms with Crippen LogP contribution in [0.2, 0.25) is 0 Å². The van der Waals surface area contributed by atoms with E-state index in [0.29, 0.717) is 18.3 Å². The van der Waals surface area contributed by atoms with Gasteiger partial charge in [0.15, 0.2) is 0 Å². The summed E-state index contributed by atoms with van der Waals surface area (Å²) >= 11 is 1.86. The zero-order valence-electron chi connectivity index (χ0n) is 12.2. The first-order valence-corrected chi connectivity index (χ1v) is 9.22. The lowest BCUT2D eigenvalue weighted by Gasteiger charge is -2.23. The van der Waals surface area contributed by atoms with Gasteiger partial charge in [0.25, 0.3) is 10.2 Å². The summed E-state index contributed by atoms with van der Waals surface area (Å²) in [5.74, 6) is 0.839. The Kier molecular flexibility index (Phi) is 5.12. The van der Waals surface area contributed by atoms with Crippen LogP contribution in [0.3, 0.4) is 0 Å². The molecule has 6 heteroatoms. The monoisotopic (exact) mass is 314 g/mol. The van der Waals surface area contributed by atoms with Gasteiger partial charge in [0.2, 0.25) is 0 Å². The van der Waals surface area contributed by atoms with E-state index in [1.54, 1.807) is 18.4 Å². The summed E-state index contributed by atoms with van der Waals surface area (Å²) in [6.07, 6.45) is 0.864. The van der Waals surface area contributed by atoms with Gasteiger partial charge in [-0.25, -0.2) is 0 Å². The largest absolute Gasteiger partial charge is 0.281 e. The molecule has 0 saturated carbocycles. The van der Waals surface area contributed by atoms with Gasteiger partial charge in [0, 0.05) is 38.2 Å². The van der Waals surface area contributed by atoms with Crippen LogP contribution in [0.4, 0.5) is 0 Å². The van der Waals surface area contributed by atoms with E-state index in [1.165, 1.54) is 15.4 Å². The maximum absolute atomic E-state index is 12.2. The van der Waals surface area contributed by atoms with Crippen LogP contribution in [-0.4, -0.2) is 50.0 Å². The first kappa shape index (κ1) is 15.8. The summed E-state index contributed by atoms with van der Waals surface area (Å²) < 4.78 is 27.3. The molecule has 1 aliphatic rings. The summed E-state index contributed by atoms with van der Waals surface area (Å²) in [5.41, 5.74) is 2.62. The molecule has 1 saturated heterocycles. The van der Waals surface area contributed by atoms with Gasteiger partial charge in [-0.1, -0.05) is 24.3 Å². The normalized spacial score (nSPS) is 21.9. The fourth-order valence-corrected chi connectivity index (χ4v) is 4.97. The third-order valence-electron chi connectivity index (χ3n) is 3.62. The summed E-state index contributed by atoms with van der Waals surface area (Å²) in [7, 11) is -0.107. The van der Waals surface area contributed by atoms with Gasteiger partial charge in [-0.15, -0.1) is 0 Å². The highest BCUT2D eigenvalue weighted by Crippen LogP contribution is 2.36. The van der Waals surface area contributed by atoms with Gasteiger partial charge in [-0.05, 0) is 24.5 Å². The van der Waals surface area contributed by atoms with Crippen LogP contribution in [0.5, 0.6) is 0 Å². The first-order valence-electron chi connectivity index (χ1n) is 6.77. The molecule has 1 atom stereocenters. The molecule has 1 heterocycles. The Morgan fingerprint density at radius 2 is 1.95 bits per heavy atom. The summed E-state index contributed by atoms with van der Waals surface area (Å²) in [6.45, 7) is 3.30. The molecule has 0 spiro atoms. The van der Waals surface area contributed by atoms with Crippen molar-refractivity contribution >= 4 is 22.0 Å². The molecule has 2 rings (SSSR count). The minimum atomic E-state index is -3.29.